The molecule has 1 aliphatic carbocycles. The van der Waals surface area contributed by atoms with Gasteiger partial charge in [-0.2, -0.15) is 0 Å². The number of aliphatic hydroxyl groups excluding tert-OH is 1. The molecule has 3 nitrogen and oxygen atoms in total. The maximum Gasteiger partial charge on any atom is 0.119 e. The van der Waals surface area contributed by atoms with Crippen molar-refractivity contribution >= 4 is 11.6 Å². The molecule has 0 amide bonds. The van der Waals surface area contributed by atoms with Crippen LogP contribution in [0.2, 0.25) is 5.02 Å². The molecule has 0 aromatic heterocycles. The highest BCUT2D eigenvalue weighted by atomic mass is 35.5. The summed E-state index contributed by atoms with van der Waals surface area (Å²) in [7, 11) is 0. The number of ether oxygens (including phenoxy) is 1. The largest absolute Gasteiger partial charge is 0.491 e. The molecule has 2 rings (SSSR count). The van der Waals surface area contributed by atoms with Crippen LogP contribution < -0.4 is 10.1 Å². The van der Waals surface area contributed by atoms with Gasteiger partial charge in [-0.05, 0) is 49.9 Å². The van der Waals surface area contributed by atoms with Crippen LogP contribution in [0.4, 0.5) is 0 Å². The van der Waals surface area contributed by atoms with Crippen LogP contribution in [0.3, 0.4) is 0 Å². The molecule has 4 heteroatoms. The Hall–Kier alpha value is -0.770. The van der Waals surface area contributed by atoms with Crippen LogP contribution in [0.15, 0.2) is 24.3 Å². The van der Waals surface area contributed by atoms with Gasteiger partial charge in [0, 0.05) is 17.6 Å². The molecule has 0 saturated heterocycles. The molecule has 1 saturated carbocycles. The van der Waals surface area contributed by atoms with E-state index in [0.717, 1.165) is 11.7 Å². The lowest BCUT2D eigenvalue weighted by Gasteiger charge is -2.29. The first kappa shape index (κ1) is 16.6. The molecule has 2 N–H and O–H groups in total. The van der Waals surface area contributed by atoms with Crippen LogP contribution in [0.25, 0.3) is 0 Å². The van der Waals surface area contributed by atoms with Gasteiger partial charge in [0.25, 0.3) is 0 Å². The molecule has 0 bridgehead atoms. The Balaban J connectivity index is 1.64. The van der Waals surface area contributed by atoms with E-state index in [1.165, 1.54) is 32.1 Å². The quantitative estimate of drug-likeness (QED) is 0.808. The van der Waals surface area contributed by atoms with Gasteiger partial charge in [0.05, 0.1) is 0 Å². The third-order valence-electron chi connectivity index (χ3n) is 4.29. The average Bonchev–Trinajstić information content (AvgIpc) is 2.53. The van der Waals surface area contributed by atoms with E-state index < -0.39 is 6.10 Å². The monoisotopic (exact) mass is 311 g/mol. The van der Waals surface area contributed by atoms with Crippen molar-refractivity contribution in [3.8, 4) is 5.75 Å². The maximum absolute atomic E-state index is 10.00. The molecule has 1 fully saturated rings. The van der Waals surface area contributed by atoms with Crippen molar-refractivity contribution in [3.63, 3.8) is 0 Å². The van der Waals surface area contributed by atoms with Gasteiger partial charge in [-0.15, -0.1) is 0 Å². The summed E-state index contributed by atoms with van der Waals surface area (Å²) >= 11 is 5.82. The number of nitrogens with one attached hydrogen (secondary N) is 1. The van der Waals surface area contributed by atoms with Crippen molar-refractivity contribution in [1.82, 2.24) is 5.32 Å². The third-order valence-corrected chi connectivity index (χ3v) is 4.54. The van der Waals surface area contributed by atoms with Crippen LogP contribution in [0.5, 0.6) is 5.75 Å². The van der Waals surface area contributed by atoms with Crippen molar-refractivity contribution in [2.75, 3.05) is 13.2 Å². The first-order chi connectivity index (χ1) is 10.1. The topological polar surface area (TPSA) is 41.5 Å². The molecule has 1 unspecified atom stereocenters. The Kier molecular flexibility index (Phi) is 6.81. The summed E-state index contributed by atoms with van der Waals surface area (Å²) in [5, 5.41) is 14.1. The molecular weight excluding hydrogens is 286 g/mol. The maximum atomic E-state index is 10.00. The highest BCUT2D eigenvalue weighted by molar-refractivity contribution is 6.30. The lowest BCUT2D eigenvalue weighted by atomic mass is 9.84. The molecule has 0 radical (unpaired) electrons. The van der Waals surface area contributed by atoms with E-state index in [2.05, 4.69) is 12.2 Å². The fraction of sp³-hybridized carbons (Fsp3) is 0.647. The van der Waals surface area contributed by atoms with Gasteiger partial charge in [0.15, 0.2) is 0 Å². The van der Waals surface area contributed by atoms with Crippen LogP contribution in [0.1, 0.15) is 39.0 Å². The fourth-order valence-corrected chi connectivity index (χ4v) is 3.03. The normalized spacial score (nSPS) is 19.2. The predicted octanol–water partition coefficient (Wildman–Crippen LogP) is 3.64. The zero-order chi connectivity index (χ0) is 15.1. The molecule has 0 spiro atoms. The van der Waals surface area contributed by atoms with E-state index in [1.54, 1.807) is 12.1 Å². The SMILES string of the molecule is C[C@H](NCC(O)COc1ccc(Cl)cc1)C1CCCCC1. The van der Waals surface area contributed by atoms with E-state index >= 15 is 0 Å². The molecule has 21 heavy (non-hydrogen) atoms. The van der Waals surface area contributed by atoms with Crippen LogP contribution in [-0.2, 0) is 0 Å². The van der Waals surface area contributed by atoms with E-state index in [1.807, 2.05) is 12.1 Å². The summed E-state index contributed by atoms with van der Waals surface area (Å²) in [6, 6.07) is 7.66. The van der Waals surface area contributed by atoms with E-state index in [9.17, 15) is 5.11 Å². The smallest absolute Gasteiger partial charge is 0.119 e. The minimum Gasteiger partial charge on any atom is -0.491 e. The molecule has 1 aromatic carbocycles. The second-order valence-corrected chi connectivity index (χ2v) is 6.45. The molecule has 1 aromatic rings. The summed E-state index contributed by atoms with van der Waals surface area (Å²) in [5.74, 6) is 1.49. The summed E-state index contributed by atoms with van der Waals surface area (Å²) < 4.78 is 5.55. The Morgan fingerprint density at radius 2 is 1.90 bits per heavy atom. The Morgan fingerprint density at radius 1 is 1.24 bits per heavy atom. The van der Waals surface area contributed by atoms with Gasteiger partial charge in [0.2, 0.25) is 0 Å². The lowest BCUT2D eigenvalue weighted by Crippen LogP contribution is -2.40. The van der Waals surface area contributed by atoms with Gasteiger partial charge in [-0.1, -0.05) is 30.9 Å². The van der Waals surface area contributed by atoms with Gasteiger partial charge < -0.3 is 15.2 Å². The van der Waals surface area contributed by atoms with Crippen molar-refractivity contribution in [2.24, 2.45) is 5.92 Å². The fourth-order valence-electron chi connectivity index (χ4n) is 2.90. The summed E-state index contributed by atoms with van der Waals surface area (Å²) in [6.45, 7) is 3.10. The van der Waals surface area contributed by atoms with Gasteiger partial charge in [-0.25, -0.2) is 0 Å². The molecular formula is C17H26ClNO2. The first-order valence-electron chi connectivity index (χ1n) is 7.95. The second kappa shape index (κ2) is 8.62. The van der Waals surface area contributed by atoms with Crippen LogP contribution >= 0.6 is 11.6 Å². The molecule has 2 atom stereocenters. The Labute approximate surface area is 132 Å². The summed E-state index contributed by atoms with van der Waals surface area (Å²) in [6.07, 6.45) is 6.20. The molecule has 1 aliphatic rings. The van der Waals surface area contributed by atoms with Crippen molar-refractivity contribution < 1.29 is 9.84 Å². The summed E-state index contributed by atoms with van der Waals surface area (Å²) in [5.41, 5.74) is 0. The second-order valence-electron chi connectivity index (χ2n) is 6.01. The standard InChI is InChI=1S/C17H26ClNO2/c1-13(14-5-3-2-4-6-14)19-11-16(20)12-21-17-9-7-15(18)8-10-17/h7-10,13-14,16,19-20H,2-6,11-12H2,1H3/t13-,16?/m0/s1. The average molecular weight is 312 g/mol. The number of aliphatic hydroxyl groups is 1. The molecule has 0 heterocycles. The van der Waals surface area contributed by atoms with E-state index in [-0.39, 0.29) is 0 Å². The number of hydrogen-bond acceptors (Lipinski definition) is 3. The predicted molar refractivity (Wildman–Crippen MR) is 87.0 cm³/mol. The van der Waals surface area contributed by atoms with E-state index in [0.29, 0.717) is 24.2 Å². The first-order valence-corrected chi connectivity index (χ1v) is 8.33. The highest BCUT2D eigenvalue weighted by Gasteiger charge is 2.20. The number of rotatable bonds is 7. The Bertz CT molecular complexity index is 404. The van der Waals surface area contributed by atoms with Crippen molar-refractivity contribution in [2.45, 2.75) is 51.2 Å². The van der Waals surface area contributed by atoms with Crippen molar-refractivity contribution in [1.29, 1.82) is 0 Å². The van der Waals surface area contributed by atoms with Gasteiger partial charge >= 0.3 is 0 Å². The minimum atomic E-state index is -0.494. The van der Waals surface area contributed by atoms with Crippen molar-refractivity contribution in [3.05, 3.63) is 29.3 Å². The van der Waals surface area contributed by atoms with Gasteiger partial charge in [0.1, 0.15) is 18.5 Å². The summed E-state index contributed by atoms with van der Waals surface area (Å²) in [4.78, 5) is 0. The number of benzene rings is 1. The van der Waals surface area contributed by atoms with Crippen LogP contribution in [-0.4, -0.2) is 30.4 Å². The minimum absolute atomic E-state index is 0.298. The number of hydrogen-bond donors (Lipinski definition) is 2. The van der Waals surface area contributed by atoms with Gasteiger partial charge in [-0.3, -0.25) is 0 Å². The third kappa shape index (κ3) is 5.85. The van der Waals surface area contributed by atoms with E-state index in [4.69, 9.17) is 16.3 Å². The Morgan fingerprint density at radius 3 is 2.57 bits per heavy atom. The highest BCUT2D eigenvalue weighted by Crippen LogP contribution is 2.26. The van der Waals surface area contributed by atoms with Crippen LogP contribution in [0, 0.1) is 5.92 Å². The lowest BCUT2D eigenvalue weighted by molar-refractivity contribution is 0.100. The number of halogens is 1. The molecule has 118 valence electrons. The molecule has 0 aliphatic heterocycles. The zero-order valence-corrected chi connectivity index (χ0v) is 13.5. The zero-order valence-electron chi connectivity index (χ0n) is 12.7.